The molecule has 1 aliphatic carbocycles. The van der Waals surface area contributed by atoms with E-state index in [2.05, 4.69) is 5.32 Å². The van der Waals surface area contributed by atoms with Gasteiger partial charge in [0.2, 0.25) is 0 Å². The molecule has 2 fully saturated rings. The number of aromatic nitrogens is 1. The Morgan fingerprint density at radius 3 is 2.82 bits per heavy atom. The smallest absolute Gasteiger partial charge is 0.325 e. The van der Waals surface area contributed by atoms with Crippen molar-refractivity contribution in [1.29, 1.82) is 0 Å². The van der Waals surface area contributed by atoms with Gasteiger partial charge in [0, 0.05) is 13.2 Å². The van der Waals surface area contributed by atoms with E-state index < -0.39 is 11.6 Å². The highest BCUT2D eigenvalue weighted by Crippen LogP contribution is 2.38. The zero-order valence-electron chi connectivity index (χ0n) is 13.0. The van der Waals surface area contributed by atoms with Crippen LogP contribution in [0.25, 0.3) is 0 Å². The van der Waals surface area contributed by atoms with Crippen molar-refractivity contribution in [3.8, 4) is 0 Å². The van der Waals surface area contributed by atoms with E-state index in [0.717, 1.165) is 24.2 Å². The van der Waals surface area contributed by atoms with Crippen molar-refractivity contribution >= 4 is 17.7 Å². The highest BCUT2D eigenvalue weighted by Gasteiger charge is 2.55. The molecular weight excluding hydrogens is 282 g/mol. The van der Waals surface area contributed by atoms with Crippen molar-refractivity contribution in [3.63, 3.8) is 0 Å². The van der Waals surface area contributed by atoms with Gasteiger partial charge in [-0.2, -0.15) is 0 Å². The summed E-state index contributed by atoms with van der Waals surface area (Å²) < 4.78 is 1.69. The first-order valence-corrected chi connectivity index (χ1v) is 7.74. The van der Waals surface area contributed by atoms with Gasteiger partial charge in [-0.15, -0.1) is 0 Å². The van der Waals surface area contributed by atoms with Crippen molar-refractivity contribution in [2.24, 2.45) is 13.0 Å². The molecule has 1 aromatic rings. The molecule has 2 unspecified atom stereocenters. The molecule has 1 saturated carbocycles. The van der Waals surface area contributed by atoms with Gasteiger partial charge in [-0.05, 0) is 30.9 Å². The molecule has 1 aromatic heterocycles. The molecule has 118 valence electrons. The number of rotatable bonds is 3. The summed E-state index contributed by atoms with van der Waals surface area (Å²) in [4.78, 5) is 38.4. The molecule has 3 rings (SSSR count). The predicted octanol–water partition coefficient (Wildman–Crippen LogP) is 1.71. The molecule has 1 aliphatic heterocycles. The van der Waals surface area contributed by atoms with Crippen molar-refractivity contribution in [3.05, 3.63) is 24.0 Å². The number of urea groups is 1. The second kappa shape index (κ2) is 5.26. The molecule has 2 atom stereocenters. The normalized spacial score (nSPS) is 28.3. The summed E-state index contributed by atoms with van der Waals surface area (Å²) in [6.07, 6.45) is 5.35. The Balaban J connectivity index is 1.80. The molecule has 1 N–H and O–H groups in total. The summed E-state index contributed by atoms with van der Waals surface area (Å²) in [6.45, 7) is 1.80. The van der Waals surface area contributed by atoms with Gasteiger partial charge in [0.15, 0.2) is 5.78 Å². The van der Waals surface area contributed by atoms with Crippen molar-refractivity contribution in [1.82, 2.24) is 14.8 Å². The van der Waals surface area contributed by atoms with E-state index in [0.29, 0.717) is 12.1 Å². The number of imide groups is 1. The van der Waals surface area contributed by atoms with Gasteiger partial charge in [-0.1, -0.05) is 19.8 Å². The van der Waals surface area contributed by atoms with Crippen molar-refractivity contribution in [2.45, 2.75) is 38.1 Å². The van der Waals surface area contributed by atoms with Crippen molar-refractivity contribution in [2.75, 3.05) is 6.54 Å². The average molecular weight is 303 g/mol. The molecule has 2 aliphatic rings. The van der Waals surface area contributed by atoms with Gasteiger partial charge >= 0.3 is 6.03 Å². The molecule has 1 saturated heterocycles. The molecule has 0 bridgehead atoms. The summed E-state index contributed by atoms with van der Waals surface area (Å²) >= 11 is 0. The summed E-state index contributed by atoms with van der Waals surface area (Å²) in [7, 11) is 1.77. The number of hydrogen-bond acceptors (Lipinski definition) is 3. The fraction of sp³-hybridized carbons (Fsp3) is 0.562. The number of Topliss-reactive ketones (excluding diaryl/α,β-unsaturated/α-hetero) is 1. The van der Waals surface area contributed by atoms with Gasteiger partial charge in [0.1, 0.15) is 5.54 Å². The zero-order valence-corrected chi connectivity index (χ0v) is 13.0. The van der Waals surface area contributed by atoms with Crippen LogP contribution in [0.3, 0.4) is 0 Å². The first-order chi connectivity index (χ1) is 10.5. The van der Waals surface area contributed by atoms with Crippen LogP contribution in [0.5, 0.6) is 0 Å². The largest absolute Gasteiger partial charge is 0.348 e. The molecule has 3 amide bonds. The Morgan fingerprint density at radius 1 is 1.41 bits per heavy atom. The lowest BCUT2D eigenvalue weighted by Gasteiger charge is -2.36. The number of ketones is 1. The molecule has 6 nitrogen and oxygen atoms in total. The summed E-state index contributed by atoms with van der Waals surface area (Å²) in [5.74, 6) is -0.364. The minimum atomic E-state index is -0.802. The fourth-order valence-electron chi connectivity index (χ4n) is 3.61. The Bertz CT molecular complexity index is 636. The van der Waals surface area contributed by atoms with Crippen LogP contribution < -0.4 is 5.32 Å². The van der Waals surface area contributed by atoms with Crippen LogP contribution in [0.2, 0.25) is 0 Å². The Kier molecular flexibility index (Phi) is 3.54. The Labute approximate surface area is 129 Å². The second-order valence-corrected chi connectivity index (χ2v) is 6.37. The summed E-state index contributed by atoms with van der Waals surface area (Å²) in [5, 5.41) is 2.86. The van der Waals surface area contributed by atoms with Crippen LogP contribution in [0.15, 0.2) is 18.3 Å². The number of carbonyl (C=O) groups is 3. The van der Waals surface area contributed by atoms with Gasteiger partial charge < -0.3 is 9.88 Å². The van der Waals surface area contributed by atoms with E-state index in [-0.39, 0.29) is 24.2 Å². The van der Waals surface area contributed by atoms with E-state index in [4.69, 9.17) is 0 Å². The quantitative estimate of drug-likeness (QED) is 0.682. The molecular formula is C16H21N3O3. The van der Waals surface area contributed by atoms with E-state index in [9.17, 15) is 14.4 Å². The van der Waals surface area contributed by atoms with E-state index >= 15 is 0 Å². The fourth-order valence-corrected chi connectivity index (χ4v) is 3.61. The van der Waals surface area contributed by atoms with Gasteiger partial charge in [0.05, 0.1) is 12.2 Å². The van der Waals surface area contributed by atoms with Crippen LogP contribution in [-0.4, -0.2) is 39.3 Å². The predicted molar refractivity (Wildman–Crippen MR) is 80.4 cm³/mol. The highest BCUT2D eigenvalue weighted by molar-refractivity contribution is 6.11. The molecule has 1 spiro atoms. The van der Waals surface area contributed by atoms with Crippen LogP contribution in [-0.2, 0) is 11.8 Å². The molecule has 0 radical (unpaired) electrons. The topological polar surface area (TPSA) is 71.4 Å². The van der Waals surface area contributed by atoms with Crippen LogP contribution >= 0.6 is 0 Å². The minimum Gasteiger partial charge on any atom is -0.348 e. The maximum absolute atomic E-state index is 12.8. The van der Waals surface area contributed by atoms with Crippen molar-refractivity contribution < 1.29 is 14.4 Å². The standard InChI is InChI=1S/C16H21N3O3/c1-11-6-3-4-8-16(11)14(21)19(15(22)17-16)10-13(20)12-7-5-9-18(12)2/h5,7,9,11H,3-4,6,8,10H2,1-2H3,(H,17,22). The third-order valence-corrected chi connectivity index (χ3v) is 5.03. The third kappa shape index (κ3) is 2.14. The number of amides is 3. The molecule has 6 heteroatoms. The maximum atomic E-state index is 12.8. The third-order valence-electron chi connectivity index (χ3n) is 5.03. The van der Waals surface area contributed by atoms with Gasteiger partial charge in [0.25, 0.3) is 5.91 Å². The number of hydrogen-bond donors (Lipinski definition) is 1. The van der Waals surface area contributed by atoms with Crippen LogP contribution in [0, 0.1) is 5.92 Å². The van der Waals surface area contributed by atoms with E-state index in [1.54, 1.807) is 29.9 Å². The lowest BCUT2D eigenvalue weighted by atomic mass is 9.73. The minimum absolute atomic E-state index is 0.104. The number of aryl methyl sites for hydroxylation is 1. The molecule has 2 heterocycles. The number of nitrogens with zero attached hydrogens (tertiary/aromatic N) is 2. The molecule has 22 heavy (non-hydrogen) atoms. The Morgan fingerprint density at radius 2 is 2.18 bits per heavy atom. The lowest BCUT2D eigenvalue weighted by molar-refractivity contribution is -0.133. The first-order valence-electron chi connectivity index (χ1n) is 7.74. The number of carbonyl (C=O) groups excluding carboxylic acids is 3. The van der Waals surface area contributed by atoms with Crippen LogP contribution in [0.1, 0.15) is 43.1 Å². The Hall–Kier alpha value is -2.11. The van der Waals surface area contributed by atoms with E-state index in [1.807, 2.05) is 6.92 Å². The SMILES string of the molecule is CC1CCCCC12NC(=O)N(CC(=O)c1cccn1C)C2=O. The van der Waals surface area contributed by atoms with Gasteiger partial charge in [-0.25, -0.2) is 4.79 Å². The zero-order chi connectivity index (χ0) is 15.9. The van der Waals surface area contributed by atoms with Crippen LogP contribution in [0.4, 0.5) is 4.79 Å². The average Bonchev–Trinajstić information content (AvgIpc) is 3.00. The molecule has 0 aromatic carbocycles. The van der Waals surface area contributed by atoms with E-state index in [1.165, 1.54) is 0 Å². The second-order valence-electron chi connectivity index (χ2n) is 6.37. The maximum Gasteiger partial charge on any atom is 0.325 e. The van der Waals surface area contributed by atoms with Gasteiger partial charge in [-0.3, -0.25) is 14.5 Å². The highest BCUT2D eigenvalue weighted by atomic mass is 16.2. The number of nitrogens with one attached hydrogen (secondary N) is 1. The first kappa shape index (κ1) is 14.8. The summed E-state index contributed by atoms with van der Waals surface area (Å²) in [6, 6.07) is 3.02. The monoisotopic (exact) mass is 303 g/mol. The summed E-state index contributed by atoms with van der Waals surface area (Å²) in [5.41, 5.74) is -0.303. The lowest BCUT2D eigenvalue weighted by Crippen LogP contribution is -2.54.